The Kier molecular flexibility index (Phi) is 5.18. The van der Waals surface area contributed by atoms with Gasteiger partial charge in [-0.2, -0.15) is 5.06 Å². The monoisotopic (exact) mass is 318 g/mol. The first kappa shape index (κ1) is 16.8. The summed E-state index contributed by atoms with van der Waals surface area (Å²) in [5.74, 6) is -0.476. The minimum absolute atomic E-state index is 0.0980. The number of rotatable bonds is 5. The summed E-state index contributed by atoms with van der Waals surface area (Å²) >= 11 is 0. The second-order valence-electron chi connectivity index (χ2n) is 5.22. The Balaban J connectivity index is 2.15. The van der Waals surface area contributed by atoms with Crippen LogP contribution in [0.5, 0.6) is 5.75 Å². The van der Waals surface area contributed by atoms with Gasteiger partial charge in [-0.05, 0) is 37.1 Å². The van der Waals surface area contributed by atoms with Crippen molar-refractivity contribution in [1.82, 2.24) is 5.06 Å². The molecule has 5 nitrogen and oxygen atoms in total. The molecule has 0 fully saturated rings. The van der Waals surface area contributed by atoms with E-state index in [1.165, 1.54) is 19.1 Å². The second-order valence-corrected chi connectivity index (χ2v) is 5.22. The van der Waals surface area contributed by atoms with Crippen molar-refractivity contribution in [1.29, 1.82) is 0 Å². The van der Waals surface area contributed by atoms with Crippen molar-refractivity contribution in [2.24, 2.45) is 5.73 Å². The van der Waals surface area contributed by atoms with Crippen LogP contribution in [0.3, 0.4) is 0 Å². The summed E-state index contributed by atoms with van der Waals surface area (Å²) in [6.45, 7) is 3.36. The Morgan fingerprint density at radius 3 is 2.39 bits per heavy atom. The predicted molar refractivity (Wildman–Crippen MR) is 83.5 cm³/mol. The van der Waals surface area contributed by atoms with Crippen molar-refractivity contribution in [3.05, 3.63) is 65.5 Å². The van der Waals surface area contributed by atoms with Crippen molar-refractivity contribution in [3.63, 3.8) is 0 Å². The topological polar surface area (TPSA) is 75.8 Å². The molecule has 0 radical (unpaired) electrons. The van der Waals surface area contributed by atoms with Gasteiger partial charge in [0.25, 0.3) is 0 Å². The van der Waals surface area contributed by atoms with Gasteiger partial charge >= 0.3 is 6.03 Å². The van der Waals surface area contributed by atoms with Gasteiger partial charge < -0.3 is 10.5 Å². The average Bonchev–Trinajstić information content (AvgIpc) is 2.55. The highest BCUT2D eigenvalue weighted by Gasteiger charge is 2.19. The van der Waals surface area contributed by atoms with E-state index in [1.54, 1.807) is 6.07 Å². The molecule has 0 aliphatic rings. The van der Waals surface area contributed by atoms with Gasteiger partial charge in [-0.25, -0.2) is 9.18 Å². The zero-order chi connectivity index (χ0) is 17.0. The molecular formula is C17H19FN2O3. The summed E-state index contributed by atoms with van der Waals surface area (Å²) in [6.07, 6.45) is -0.311. The van der Waals surface area contributed by atoms with Gasteiger partial charge in [0.2, 0.25) is 0 Å². The number of primary amides is 1. The molecule has 0 aliphatic carbocycles. The highest BCUT2D eigenvalue weighted by atomic mass is 19.1. The normalized spacial score (nSPS) is 13.2. The number of benzene rings is 2. The Labute approximate surface area is 134 Å². The SMILES string of the molecule is CC(Oc1ccc(C(C)N(O)C(N)=O)cc1F)c1ccccc1. The van der Waals surface area contributed by atoms with Gasteiger partial charge in [0.1, 0.15) is 6.10 Å². The van der Waals surface area contributed by atoms with Crippen LogP contribution in [0.2, 0.25) is 0 Å². The number of hydroxylamine groups is 2. The van der Waals surface area contributed by atoms with E-state index in [0.717, 1.165) is 5.56 Å². The quantitative estimate of drug-likeness (QED) is 0.650. The van der Waals surface area contributed by atoms with E-state index < -0.39 is 17.9 Å². The summed E-state index contributed by atoms with van der Waals surface area (Å²) in [6, 6.07) is 12.0. The van der Waals surface area contributed by atoms with Crippen LogP contribution in [0.15, 0.2) is 48.5 Å². The number of hydrogen-bond acceptors (Lipinski definition) is 3. The van der Waals surface area contributed by atoms with Crippen LogP contribution in [0, 0.1) is 5.82 Å². The van der Waals surface area contributed by atoms with Gasteiger partial charge in [-0.1, -0.05) is 36.4 Å². The van der Waals surface area contributed by atoms with Crippen molar-refractivity contribution in [2.45, 2.75) is 26.0 Å². The van der Waals surface area contributed by atoms with Crippen molar-refractivity contribution in [3.8, 4) is 5.75 Å². The van der Waals surface area contributed by atoms with Gasteiger partial charge in [0, 0.05) is 0 Å². The summed E-state index contributed by atoms with van der Waals surface area (Å²) in [5, 5.41) is 9.86. The van der Waals surface area contributed by atoms with E-state index >= 15 is 0 Å². The zero-order valence-electron chi connectivity index (χ0n) is 12.9. The van der Waals surface area contributed by atoms with Crippen LogP contribution < -0.4 is 10.5 Å². The van der Waals surface area contributed by atoms with Gasteiger partial charge in [-0.3, -0.25) is 5.21 Å². The molecule has 2 aromatic carbocycles. The molecule has 0 saturated carbocycles. The molecule has 2 aromatic rings. The van der Waals surface area contributed by atoms with Gasteiger partial charge in [-0.15, -0.1) is 0 Å². The van der Waals surface area contributed by atoms with Gasteiger partial charge in [0.05, 0.1) is 6.04 Å². The molecule has 0 aliphatic heterocycles. The van der Waals surface area contributed by atoms with Crippen LogP contribution in [-0.4, -0.2) is 16.3 Å². The third-order valence-corrected chi connectivity index (χ3v) is 3.60. The van der Waals surface area contributed by atoms with Crippen LogP contribution in [0.1, 0.15) is 37.1 Å². The number of nitrogens with two attached hydrogens (primary N) is 1. The molecule has 3 N–H and O–H groups in total. The number of amides is 2. The third kappa shape index (κ3) is 3.98. The summed E-state index contributed by atoms with van der Waals surface area (Å²) in [5.41, 5.74) is 6.33. The standard InChI is InChI=1S/C17H19FN2O3/c1-11(20(22)17(19)21)14-8-9-16(15(18)10-14)23-12(2)13-6-4-3-5-7-13/h3-12,22H,1-2H3,(H2,19,21). The molecule has 122 valence electrons. The van der Waals surface area contributed by atoms with E-state index in [2.05, 4.69) is 0 Å². The van der Waals surface area contributed by atoms with Crippen LogP contribution in [-0.2, 0) is 0 Å². The smallest absolute Gasteiger partial charge is 0.339 e. The maximum atomic E-state index is 14.2. The number of carbonyl (C=O) groups is 1. The number of ether oxygens (including phenoxy) is 1. The molecule has 0 saturated heterocycles. The van der Waals surface area contributed by atoms with Gasteiger partial charge in [0.15, 0.2) is 11.6 Å². The second kappa shape index (κ2) is 7.11. The first-order valence-corrected chi connectivity index (χ1v) is 7.18. The Bertz CT molecular complexity index is 679. The average molecular weight is 318 g/mol. The first-order chi connectivity index (χ1) is 10.9. The highest BCUT2D eigenvalue weighted by Crippen LogP contribution is 2.28. The largest absolute Gasteiger partial charge is 0.483 e. The molecule has 2 unspecified atom stereocenters. The maximum absolute atomic E-state index is 14.2. The number of hydrogen-bond donors (Lipinski definition) is 2. The lowest BCUT2D eigenvalue weighted by molar-refractivity contribution is -0.0710. The number of nitrogens with zero attached hydrogens (tertiary/aromatic N) is 1. The number of urea groups is 1. The predicted octanol–water partition coefficient (Wildman–Crippen LogP) is 3.80. The van der Waals surface area contributed by atoms with Crippen molar-refractivity contribution < 1.29 is 19.1 Å². The lowest BCUT2D eigenvalue weighted by atomic mass is 10.1. The minimum Gasteiger partial charge on any atom is -0.483 e. The van der Waals surface area contributed by atoms with Crippen molar-refractivity contribution >= 4 is 6.03 Å². The molecule has 0 bridgehead atoms. The molecule has 2 amide bonds. The molecule has 0 heterocycles. The highest BCUT2D eigenvalue weighted by molar-refractivity contribution is 5.71. The molecule has 6 heteroatoms. The summed E-state index contributed by atoms with van der Waals surface area (Å²) < 4.78 is 19.8. The van der Waals surface area contributed by atoms with E-state index in [1.807, 2.05) is 37.3 Å². The van der Waals surface area contributed by atoms with Crippen LogP contribution in [0.4, 0.5) is 9.18 Å². The minimum atomic E-state index is -1.00. The Hall–Kier alpha value is -2.60. The third-order valence-electron chi connectivity index (χ3n) is 3.60. The number of carbonyl (C=O) groups excluding carboxylic acids is 1. The molecular weight excluding hydrogens is 299 g/mol. The number of halogens is 1. The van der Waals surface area contributed by atoms with E-state index in [-0.39, 0.29) is 11.9 Å². The maximum Gasteiger partial charge on any atom is 0.339 e. The fourth-order valence-corrected chi connectivity index (χ4v) is 2.19. The van der Waals surface area contributed by atoms with Crippen LogP contribution in [0.25, 0.3) is 0 Å². The molecule has 23 heavy (non-hydrogen) atoms. The molecule has 0 spiro atoms. The fourth-order valence-electron chi connectivity index (χ4n) is 2.19. The zero-order valence-corrected chi connectivity index (χ0v) is 12.9. The fraction of sp³-hybridized carbons (Fsp3) is 0.235. The molecule has 0 aromatic heterocycles. The molecule has 2 rings (SSSR count). The van der Waals surface area contributed by atoms with Crippen molar-refractivity contribution in [2.75, 3.05) is 0 Å². The Morgan fingerprint density at radius 1 is 1.17 bits per heavy atom. The summed E-state index contributed by atoms with van der Waals surface area (Å²) in [4.78, 5) is 10.9. The van der Waals surface area contributed by atoms with Crippen LogP contribution >= 0.6 is 0 Å². The summed E-state index contributed by atoms with van der Waals surface area (Å²) in [7, 11) is 0. The first-order valence-electron chi connectivity index (χ1n) is 7.18. The van der Waals surface area contributed by atoms with E-state index in [0.29, 0.717) is 10.6 Å². The lowest BCUT2D eigenvalue weighted by Gasteiger charge is -2.22. The van der Waals surface area contributed by atoms with E-state index in [4.69, 9.17) is 10.5 Å². The molecule has 2 atom stereocenters. The lowest BCUT2D eigenvalue weighted by Crippen LogP contribution is -2.34. The van der Waals surface area contributed by atoms with E-state index in [9.17, 15) is 14.4 Å². The Morgan fingerprint density at radius 2 is 1.83 bits per heavy atom.